The SMILES string of the molecule is NS(=O)(=O)Nc1cccc(S(=O)[O-])c1. The van der Waals surface area contributed by atoms with Crippen molar-refractivity contribution in [3.8, 4) is 0 Å². The van der Waals surface area contributed by atoms with E-state index in [1.807, 2.05) is 4.72 Å². The van der Waals surface area contributed by atoms with Gasteiger partial charge in [0.25, 0.3) is 10.2 Å². The molecule has 1 unspecified atom stereocenters. The standard InChI is InChI=1S/C6H8N2O4S2/c7-14(11,12)8-5-2-1-3-6(4-5)13(9)10/h1-4,8H,(H,9,10)(H2,7,11,12)/p-1. The maximum absolute atomic E-state index is 10.6. The second kappa shape index (κ2) is 4.05. The average Bonchev–Trinajstić information content (AvgIpc) is 2.01. The van der Waals surface area contributed by atoms with Gasteiger partial charge in [-0.05, 0) is 29.3 Å². The summed E-state index contributed by atoms with van der Waals surface area (Å²) in [5, 5.41) is 4.70. The van der Waals surface area contributed by atoms with Crippen molar-refractivity contribution >= 4 is 27.0 Å². The number of benzene rings is 1. The van der Waals surface area contributed by atoms with Gasteiger partial charge in [0.15, 0.2) is 0 Å². The maximum atomic E-state index is 10.6. The Morgan fingerprint density at radius 3 is 2.57 bits per heavy atom. The molecule has 1 aromatic rings. The van der Waals surface area contributed by atoms with Crippen molar-refractivity contribution in [1.82, 2.24) is 0 Å². The molecule has 6 nitrogen and oxygen atoms in total. The van der Waals surface area contributed by atoms with E-state index < -0.39 is 21.3 Å². The van der Waals surface area contributed by atoms with Crippen LogP contribution in [0.25, 0.3) is 0 Å². The van der Waals surface area contributed by atoms with Crippen LogP contribution in [-0.2, 0) is 21.3 Å². The Kier molecular flexibility index (Phi) is 3.21. The molecule has 3 N–H and O–H groups in total. The Labute approximate surface area is 83.6 Å². The summed E-state index contributed by atoms with van der Waals surface area (Å²) in [4.78, 5) is -0.0151. The number of rotatable bonds is 3. The van der Waals surface area contributed by atoms with Crippen molar-refractivity contribution in [3.63, 3.8) is 0 Å². The van der Waals surface area contributed by atoms with E-state index in [9.17, 15) is 17.2 Å². The van der Waals surface area contributed by atoms with Crippen molar-refractivity contribution in [3.05, 3.63) is 24.3 Å². The summed E-state index contributed by atoms with van der Waals surface area (Å²) in [7, 11) is -3.87. The molecule has 0 fully saturated rings. The monoisotopic (exact) mass is 235 g/mol. The first-order valence-corrected chi connectivity index (χ1v) is 6.00. The molecule has 0 saturated heterocycles. The lowest BCUT2D eigenvalue weighted by atomic mass is 10.3. The smallest absolute Gasteiger partial charge is 0.296 e. The third-order valence-electron chi connectivity index (χ3n) is 1.29. The fourth-order valence-electron chi connectivity index (χ4n) is 0.828. The van der Waals surface area contributed by atoms with Crippen LogP contribution in [0.4, 0.5) is 5.69 Å². The second-order valence-electron chi connectivity index (χ2n) is 2.41. The van der Waals surface area contributed by atoms with Crippen LogP contribution in [0.2, 0.25) is 0 Å². The van der Waals surface area contributed by atoms with Crippen LogP contribution in [0.15, 0.2) is 29.2 Å². The molecule has 0 aliphatic carbocycles. The molecule has 0 aliphatic rings. The minimum absolute atomic E-state index is 0.0151. The number of nitrogens with one attached hydrogen (secondary N) is 1. The quantitative estimate of drug-likeness (QED) is 0.690. The zero-order chi connectivity index (χ0) is 10.8. The van der Waals surface area contributed by atoms with Crippen LogP contribution >= 0.6 is 0 Å². The van der Waals surface area contributed by atoms with E-state index in [-0.39, 0.29) is 10.6 Å². The number of hydrogen-bond acceptors (Lipinski definition) is 4. The van der Waals surface area contributed by atoms with Crippen molar-refractivity contribution in [1.29, 1.82) is 0 Å². The number of nitrogens with two attached hydrogens (primary N) is 1. The number of anilines is 1. The molecule has 0 radical (unpaired) electrons. The topological polar surface area (TPSA) is 112 Å². The maximum Gasteiger partial charge on any atom is 0.296 e. The minimum Gasteiger partial charge on any atom is -0.768 e. The third-order valence-corrected chi connectivity index (χ3v) is 2.45. The van der Waals surface area contributed by atoms with E-state index in [0.29, 0.717) is 0 Å². The van der Waals surface area contributed by atoms with Crippen LogP contribution in [0.3, 0.4) is 0 Å². The van der Waals surface area contributed by atoms with E-state index in [1.165, 1.54) is 18.2 Å². The molecule has 0 heterocycles. The van der Waals surface area contributed by atoms with E-state index in [0.717, 1.165) is 6.07 Å². The molecule has 0 aromatic heterocycles. The molecule has 8 heteroatoms. The predicted octanol–water partition coefficient (Wildman–Crippen LogP) is -0.460. The fourth-order valence-corrected chi connectivity index (χ4v) is 1.70. The van der Waals surface area contributed by atoms with Crippen molar-refractivity contribution < 1.29 is 17.2 Å². The van der Waals surface area contributed by atoms with E-state index in [2.05, 4.69) is 0 Å². The lowest BCUT2D eigenvalue weighted by molar-refractivity contribution is 0.537. The highest BCUT2D eigenvalue weighted by Gasteiger charge is 2.02. The Morgan fingerprint density at radius 2 is 2.07 bits per heavy atom. The van der Waals surface area contributed by atoms with Gasteiger partial charge < -0.3 is 4.55 Å². The third kappa shape index (κ3) is 3.42. The molecular weight excluding hydrogens is 228 g/mol. The summed E-state index contributed by atoms with van der Waals surface area (Å²) in [5.41, 5.74) is 0.106. The highest BCUT2D eigenvalue weighted by Crippen LogP contribution is 2.13. The Balaban J connectivity index is 3.01. The van der Waals surface area contributed by atoms with Gasteiger partial charge in [-0.15, -0.1) is 0 Å². The molecule has 0 saturated carbocycles. The Morgan fingerprint density at radius 1 is 1.43 bits per heavy atom. The zero-order valence-electron chi connectivity index (χ0n) is 6.84. The fraction of sp³-hybridized carbons (Fsp3) is 0. The van der Waals surface area contributed by atoms with E-state index in [4.69, 9.17) is 5.14 Å². The van der Waals surface area contributed by atoms with Crippen molar-refractivity contribution in [2.75, 3.05) is 4.72 Å². The average molecular weight is 235 g/mol. The Bertz CT molecular complexity index is 457. The molecule has 1 rings (SSSR count). The molecule has 0 bridgehead atoms. The van der Waals surface area contributed by atoms with Gasteiger partial charge in [-0.2, -0.15) is 8.42 Å². The summed E-state index contributed by atoms with van der Waals surface area (Å²) >= 11 is -2.39. The molecule has 14 heavy (non-hydrogen) atoms. The molecule has 0 aliphatic heterocycles. The van der Waals surface area contributed by atoms with Crippen LogP contribution in [0.1, 0.15) is 0 Å². The van der Waals surface area contributed by atoms with Gasteiger partial charge in [0.1, 0.15) is 0 Å². The van der Waals surface area contributed by atoms with Gasteiger partial charge in [0, 0.05) is 4.90 Å². The van der Waals surface area contributed by atoms with Crippen molar-refractivity contribution in [2.24, 2.45) is 5.14 Å². The van der Waals surface area contributed by atoms with Gasteiger partial charge >= 0.3 is 0 Å². The summed E-state index contributed by atoms with van der Waals surface area (Å²) in [5.74, 6) is 0. The first-order chi connectivity index (χ1) is 6.38. The summed E-state index contributed by atoms with van der Waals surface area (Å²) in [6.07, 6.45) is 0. The molecule has 78 valence electrons. The normalized spacial score (nSPS) is 13.6. The van der Waals surface area contributed by atoms with Gasteiger partial charge in [-0.1, -0.05) is 6.07 Å². The molecule has 0 amide bonds. The van der Waals surface area contributed by atoms with E-state index in [1.54, 1.807) is 0 Å². The highest BCUT2D eigenvalue weighted by molar-refractivity contribution is 7.90. The highest BCUT2D eigenvalue weighted by atomic mass is 32.2. The molecule has 1 atom stereocenters. The summed E-state index contributed by atoms with van der Waals surface area (Å²) in [6.45, 7) is 0. The summed E-state index contributed by atoms with van der Waals surface area (Å²) < 4.78 is 44.2. The van der Waals surface area contributed by atoms with Crippen molar-refractivity contribution in [2.45, 2.75) is 4.90 Å². The Hall–Kier alpha value is -0.960. The van der Waals surface area contributed by atoms with Gasteiger partial charge in [-0.3, -0.25) is 8.93 Å². The zero-order valence-corrected chi connectivity index (χ0v) is 8.47. The lowest BCUT2D eigenvalue weighted by Gasteiger charge is -2.07. The second-order valence-corrected chi connectivity index (χ2v) is 4.64. The largest absolute Gasteiger partial charge is 0.768 e. The molecule has 1 aromatic carbocycles. The first-order valence-electron chi connectivity index (χ1n) is 3.38. The number of hydrogen-bond donors (Lipinski definition) is 2. The van der Waals surface area contributed by atoms with Gasteiger partial charge in [0.05, 0.1) is 5.69 Å². The predicted molar refractivity (Wildman–Crippen MR) is 50.4 cm³/mol. The van der Waals surface area contributed by atoms with Crippen LogP contribution in [-0.4, -0.2) is 17.2 Å². The van der Waals surface area contributed by atoms with E-state index >= 15 is 0 Å². The first kappa shape index (κ1) is 11.1. The van der Waals surface area contributed by atoms with Gasteiger partial charge in [0.2, 0.25) is 0 Å². The minimum atomic E-state index is -3.87. The lowest BCUT2D eigenvalue weighted by Crippen LogP contribution is -2.21. The van der Waals surface area contributed by atoms with Crippen LogP contribution in [0.5, 0.6) is 0 Å². The van der Waals surface area contributed by atoms with Crippen LogP contribution < -0.4 is 9.86 Å². The molecular formula is C6H7N2O4S2-. The van der Waals surface area contributed by atoms with Crippen LogP contribution in [0, 0.1) is 0 Å². The van der Waals surface area contributed by atoms with Gasteiger partial charge in [-0.25, -0.2) is 5.14 Å². The molecule has 0 spiro atoms. The summed E-state index contributed by atoms with van der Waals surface area (Å²) in [6, 6.07) is 5.28.